The second kappa shape index (κ2) is 5.85. The van der Waals surface area contributed by atoms with Crippen molar-refractivity contribution in [3.8, 4) is 6.07 Å². The minimum atomic E-state index is -4.60. The van der Waals surface area contributed by atoms with Gasteiger partial charge >= 0.3 is 6.18 Å². The molecule has 23 heavy (non-hydrogen) atoms. The quantitative estimate of drug-likeness (QED) is 0.787. The van der Waals surface area contributed by atoms with Crippen molar-refractivity contribution in [3.05, 3.63) is 34.6 Å². The van der Waals surface area contributed by atoms with E-state index in [1.165, 1.54) is 6.92 Å². The van der Waals surface area contributed by atoms with E-state index in [0.717, 1.165) is 30.7 Å². The summed E-state index contributed by atoms with van der Waals surface area (Å²) >= 11 is 0.996. The lowest BCUT2D eigenvalue weighted by atomic mass is 10.1. The molecule has 0 unspecified atom stereocenters. The Balaban J connectivity index is 1.83. The summed E-state index contributed by atoms with van der Waals surface area (Å²) in [7, 11) is 0. The molecule has 1 fully saturated rings. The number of hydrogen-bond acceptors (Lipinski definition) is 6. The molecule has 0 bridgehead atoms. The maximum Gasteiger partial charge on any atom is 0.417 e. The molecule has 3 rings (SSSR count). The number of nitrogens with zero attached hydrogens (tertiary/aromatic N) is 4. The van der Waals surface area contributed by atoms with Gasteiger partial charge in [0, 0.05) is 11.6 Å². The molecule has 0 amide bonds. The summed E-state index contributed by atoms with van der Waals surface area (Å²) in [5.74, 6) is 1.45. The highest BCUT2D eigenvalue weighted by atomic mass is 32.2. The zero-order chi connectivity index (χ0) is 16.6. The molecule has 1 aliphatic rings. The Morgan fingerprint density at radius 2 is 2.13 bits per heavy atom. The number of rotatable bonds is 4. The maximum absolute atomic E-state index is 13.0. The molecule has 0 N–H and O–H groups in total. The second-order valence-electron chi connectivity index (χ2n) is 5.21. The third-order valence-corrected chi connectivity index (χ3v) is 4.25. The summed E-state index contributed by atoms with van der Waals surface area (Å²) in [6.45, 7) is 1.46. The minimum absolute atomic E-state index is 0.0256. The number of aryl methyl sites for hydroxylation is 1. The van der Waals surface area contributed by atoms with E-state index >= 15 is 0 Å². The number of thioether (sulfide) groups is 1. The number of alkyl halides is 3. The summed E-state index contributed by atoms with van der Waals surface area (Å²) in [5.41, 5.74) is -1.24. The summed E-state index contributed by atoms with van der Waals surface area (Å²) in [6.07, 6.45) is -2.57. The highest BCUT2D eigenvalue weighted by molar-refractivity contribution is 7.98. The molecular formula is C14H11F3N4OS. The Morgan fingerprint density at radius 3 is 2.74 bits per heavy atom. The van der Waals surface area contributed by atoms with Gasteiger partial charge in [0.1, 0.15) is 11.1 Å². The number of nitriles is 1. The van der Waals surface area contributed by atoms with E-state index in [9.17, 15) is 13.2 Å². The highest BCUT2D eigenvalue weighted by Crippen LogP contribution is 2.39. The lowest BCUT2D eigenvalue weighted by molar-refractivity contribution is -0.138. The molecular weight excluding hydrogens is 329 g/mol. The lowest BCUT2D eigenvalue weighted by Gasteiger charge is -2.12. The second-order valence-corrected chi connectivity index (χ2v) is 6.18. The van der Waals surface area contributed by atoms with E-state index < -0.39 is 17.3 Å². The van der Waals surface area contributed by atoms with Gasteiger partial charge in [-0.15, -0.1) is 0 Å². The van der Waals surface area contributed by atoms with Crippen LogP contribution in [0.1, 0.15) is 47.3 Å². The van der Waals surface area contributed by atoms with E-state index in [2.05, 4.69) is 15.1 Å². The molecule has 0 saturated heterocycles. The van der Waals surface area contributed by atoms with Crippen LogP contribution >= 0.6 is 11.8 Å². The van der Waals surface area contributed by atoms with Crippen LogP contribution in [0, 0.1) is 18.3 Å². The van der Waals surface area contributed by atoms with Crippen molar-refractivity contribution in [3.63, 3.8) is 0 Å². The van der Waals surface area contributed by atoms with Crippen LogP contribution in [0.15, 0.2) is 15.6 Å². The monoisotopic (exact) mass is 340 g/mol. The van der Waals surface area contributed by atoms with E-state index in [-0.39, 0.29) is 16.5 Å². The fourth-order valence-corrected chi connectivity index (χ4v) is 2.93. The molecule has 2 aromatic rings. The predicted molar refractivity (Wildman–Crippen MR) is 74.5 cm³/mol. The highest BCUT2D eigenvalue weighted by Gasteiger charge is 2.35. The molecule has 0 aliphatic heterocycles. The molecule has 0 atom stereocenters. The van der Waals surface area contributed by atoms with Gasteiger partial charge in [-0.05, 0) is 25.8 Å². The van der Waals surface area contributed by atoms with Crippen molar-refractivity contribution in [2.45, 2.75) is 42.6 Å². The van der Waals surface area contributed by atoms with Crippen molar-refractivity contribution in [1.82, 2.24) is 15.1 Å². The van der Waals surface area contributed by atoms with Crippen LogP contribution in [0.25, 0.3) is 0 Å². The molecule has 1 saturated carbocycles. The summed E-state index contributed by atoms with van der Waals surface area (Å²) in [6, 6.07) is 2.48. The van der Waals surface area contributed by atoms with Gasteiger partial charge in [0.2, 0.25) is 5.89 Å². The number of hydrogen-bond donors (Lipinski definition) is 0. The fourth-order valence-electron chi connectivity index (χ4n) is 2.04. The van der Waals surface area contributed by atoms with Gasteiger partial charge in [0.05, 0.1) is 16.9 Å². The van der Waals surface area contributed by atoms with Crippen LogP contribution in [0.4, 0.5) is 13.2 Å². The van der Waals surface area contributed by atoms with Crippen LogP contribution < -0.4 is 0 Å². The number of halogens is 3. The third kappa shape index (κ3) is 3.47. The zero-order valence-corrected chi connectivity index (χ0v) is 12.8. The molecule has 0 radical (unpaired) electrons. The number of pyridine rings is 1. The first-order valence-corrected chi connectivity index (χ1v) is 7.81. The van der Waals surface area contributed by atoms with Crippen molar-refractivity contribution < 1.29 is 17.7 Å². The zero-order valence-electron chi connectivity index (χ0n) is 12.0. The molecule has 2 aromatic heterocycles. The smallest absolute Gasteiger partial charge is 0.339 e. The average Bonchev–Trinajstić information content (AvgIpc) is 3.22. The third-order valence-electron chi connectivity index (χ3n) is 3.28. The number of aromatic nitrogens is 3. The first-order valence-electron chi connectivity index (χ1n) is 6.82. The van der Waals surface area contributed by atoms with Crippen LogP contribution in [-0.4, -0.2) is 15.1 Å². The summed E-state index contributed by atoms with van der Waals surface area (Å²) in [5, 5.41) is 12.9. The van der Waals surface area contributed by atoms with Gasteiger partial charge in [-0.1, -0.05) is 16.9 Å². The standard InChI is InChI=1S/C14H11F3N4OS/c1-7-4-10(14(15,16)17)9(5-18)13(19-7)23-6-11-20-12(22-21-11)8-2-3-8/h4,8H,2-3,6H2,1H3. The maximum atomic E-state index is 13.0. The van der Waals surface area contributed by atoms with Crippen molar-refractivity contribution >= 4 is 11.8 Å². The van der Waals surface area contributed by atoms with Crippen molar-refractivity contribution in [2.75, 3.05) is 0 Å². The Bertz CT molecular complexity index is 777. The molecule has 2 heterocycles. The van der Waals surface area contributed by atoms with Gasteiger partial charge in [-0.2, -0.15) is 23.4 Å². The summed E-state index contributed by atoms with van der Waals surface area (Å²) < 4.78 is 44.2. The first kappa shape index (κ1) is 15.8. The lowest BCUT2D eigenvalue weighted by Crippen LogP contribution is -2.10. The topological polar surface area (TPSA) is 75.6 Å². The van der Waals surface area contributed by atoms with Crippen LogP contribution in [0.2, 0.25) is 0 Å². The van der Waals surface area contributed by atoms with Crippen molar-refractivity contribution in [1.29, 1.82) is 5.26 Å². The average molecular weight is 340 g/mol. The predicted octanol–water partition coefficient (Wildman–Crippen LogP) is 3.83. The summed E-state index contributed by atoms with van der Waals surface area (Å²) in [4.78, 5) is 8.25. The van der Waals surface area contributed by atoms with Gasteiger partial charge in [0.15, 0.2) is 5.82 Å². The first-order chi connectivity index (χ1) is 10.9. The SMILES string of the molecule is Cc1cc(C(F)(F)F)c(C#N)c(SCc2noc(C3CC3)n2)n1. The minimum Gasteiger partial charge on any atom is -0.339 e. The molecule has 120 valence electrons. The normalized spacial score (nSPS) is 14.7. The van der Waals surface area contributed by atoms with E-state index in [1.54, 1.807) is 6.07 Å². The molecule has 1 aliphatic carbocycles. The van der Waals surface area contributed by atoms with E-state index in [1.807, 2.05) is 0 Å². The van der Waals surface area contributed by atoms with E-state index in [4.69, 9.17) is 9.78 Å². The van der Waals surface area contributed by atoms with Crippen LogP contribution in [-0.2, 0) is 11.9 Å². The van der Waals surface area contributed by atoms with Crippen LogP contribution in [0.3, 0.4) is 0 Å². The van der Waals surface area contributed by atoms with Gasteiger partial charge in [-0.25, -0.2) is 4.98 Å². The largest absolute Gasteiger partial charge is 0.417 e. The van der Waals surface area contributed by atoms with Gasteiger partial charge in [0.25, 0.3) is 0 Å². The van der Waals surface area contributed by atoms with E-state index in [0.29, 0.717) is 17.6 Å². The van der Waals surface area contributed by atoms with Gasteiger partial charge in [-0.3, -0.25) is 0 Å². The van der Waals surface area contributed by atoms with Gasteiger partial charge < -0.3 is 4.52 Å². The molecule has 9 heteroatoms. The Morgan fingerprint density at radius 1 is 1.39 bits per heavy atom. The molecule has 0 spiro atoms. The van der Waals surface area contributed by atoms with Crippen molar-refractivity contribution in [2.24, 2.45) is 0 Å². The Labute approximate surface area is 133 Å². The molecule has 0 aromatic carbocycles. The Kier molecular flexibility index (Phi) is 4.02. The fraction of sp³-hybridized carbons (Fsp3) is 0.429. The van der Waals surface area contributed by atoms with Crippen LogP contribution in [0.5, 0.6) is 0 Å². The Hall–Kier alpha value is -2.08. The molecule has 5 nitrogen and oxygen atoms in total.